The summed E-state index contributed by atoms with van der Waals surface area (Å²) in [4.78, 5) is 14.0. The lowest BCUT2D eigenvalue weighted by atomic mass is 10.00. The van der Waals surface area contributed by atoms with Gasteiger partial charge in [-0.25, -0.2) is 0 Å². The maximum atomic E-state index is 12.0. The first-order chi connectivity index (χ1) is 7.31. The Morgan fingerprint density at radius 3 is 3.20 bits per heavy atom. The molecule has 2 heterocycles. The Bertz CT molecular complexity index is 325. The molecule has 1 saturated heterocycles. The molecule has 1 amide bonds. The van der Waals surface area contributed by atoms with Crippen molar-refractivity contribution in [1.82, 2.24) is 4.90 Å². The van der Waals surface area contributed by atoms with E-state index in [-0.39, 0.29) is 5.91 Å². The summed E-state index contributed by atoms with van der Waals surface area (Å²) in [6, 6.07) is 1.91. The molecule has 1 aromatic heterocycles. The quantitative estimate of drug-likeness (QED) is 0.766. The summed E-state index contributed by atoms with van der Waals surface area (Å²) in [7, 11) is 0. The van der Waals surface area contributed by atoms with Crippen LogP contribution in [0.3, 0.4) is 0 Å². The van der Waals surface area contributed by atoms with Gasteiger partial charge in [0.1, 0.15) is 0 Å². The van der Waals surface area contributed by atoms with Crippen molar-refractivity contribution in [1.29, 1.82) is 0 Å². The van der Waals surface area contributed by atoms with E-state index in [0.29, 0.717) is 5.92 Å². The molecule has 2 nitrogen and oxygen atoms in total. The highest BCUT2D eigenvalue weighted by Crippen LogP contribution is 2.20. The van der Waals surface area contributed by atoms with Crippen LogP contribution in [0.5, 0.6) is 0 Å². The van der Waals surface area contributed by atoms with Crippen molar-refractivity contribution < 1.29 is 4.79 Å². The summed E-state index contributed by atoms with van der Waals surface area (Å²) in [6.07, 6.45) is 2.37. The fourth-order valence-corrected chi connectivity index (χ4v) is 3.10. The Kier molecular flexibility index (Phi) is 3.81. The van der Waals surface area contributed by atoms with Crippen molar-refractivity contribution >= 4 is 33.2 Å². The van der Waals surface area contributed by atoms with Gasteiger partial charge in [0, 0.05) is 23.8 Å². The fourth-order valence-electron chi connectivity index (χ4n) is 1.94. The average Bonchev–Trinajstić information content (AvgIpc) is 2.81. The number of amides is 1. The Morgan fingerprint density at radius 2 is 2.53 bits per heavy atom. The Hall–Kier alpha value is -0.350. The molecule has 1 unspecified atom stereocenters. The standard InChI is InChI=1S/C11H14BrNOS/c12-6-9-2-1-4-13(7-9)11(14)10-3-5-15-8-10/h3,5,8-9H,1-2,4,6-7H2. The second-order valence-corrected chi connectivity index (χ2v) is 5.35. The molecule has 1 aromatic rings. The summed E-state index contributed by atoms with van der Waals surface area (Å²) in [6.45, 7) is 1.82. The van der Waals surface area contributed by atoms with E-state index in [0.717, 1.165) is 30.4 Å². The van der Waals surface area contributed by atoms with Gasteiger partial charge >= 0.3 is 0 Å². The first kappa shape index (κ1) is 11.1. The summed E-state index contributed by atoms with van der Waals surface area (Å²) < 4.78 is 0. The number of nitrogens with zero attached hydrogens (tertiary/aromatic N) is 1. The molecule has 1 aliphatic rings. The van der Waals surface area contributed by atoms with Crippen molar-refractivity contribution in [3.8, 4) is 0 Å². The molecule has 0 bridgehead atoms. The molecular formula is C11H14BrNOS. The molecule has 1 fully saturated rings. The summed E-state index contributed by atoms with van der Waals surface area (Å²) >= 11 is 5.08. The van der Waals surface area contributed by atoms with Crippen LogP contribution in [-0.4, -0.2) is 29.2 Å². The van der Waals surface area contributed by atoms with Crippen LogP contribution >= 0.6 is 27.3 Å². The lowest BCUT2D eigenvalue weighted by Gasteiger charge is -2.31. The molecule has 1 aliphatic heterocycles. The van der Waals surface area contributed by atoms with E-state index in [9.17, 15) is 4.79 Å². The lowest BCUT2D eigenvalue weighted by Crippen LogP contribution is -2.40. The number of piperidine rings is 1. The highest BCUT2D eigenvalue weighted by atomic mass is 79.9. The van der Waals surface area contributed by atoms with Gasteiger partial charge in [0.25, 0.3) is 5.91 Å². The number of carbonyl (C=O) groups is 1. The SMILES string of the molecule is O=C(c1ccsc1)N1CCCC(CBr)C1. The molecule has 0 spiro atoms. The second kappa shape index (κ2) is 5.12. The number of rotatable bonds is 2. The molecular weight excluding hydrogens is 274 g/mol. The number of hydrogen-bond acceptors (Lipinski definition) is 2. The maximum absolute atomic E-state index is 12.0. The van der Waals surface area contributed by atoms with Crippen LogP contribution < -0.4 is 0 Å². The van der Waals surface area contributed by atoms with E-state index in [4.69, 9.17) is 0 Å². The van der Waals surface area contributed by atoms with Gasteiger partial charge in [-0.1, -0.05) is 15.9 Å². The average molecular weight is 288 g/mol. The van der Waals surface area contributed by atoms with Gasteiger partial charge in [-0.05, 0) is 30.2 Å². The number of alkyl halides is 1. The molecule has 4 heteroatoms. The zero-order valence-corrected chi connectivity index (χ0v) is 10.9. The number of hydrogen-bond donors (Lipinski definition) is 0. The number of carbonyl (C=O) groups excluding carboxylic acids is 1. The van der Waals surface area contributed by atoms with Gasteiger partial charge < -0.3 is 4.90 Å². The number of likely N-dealkylation sites (tertiary alicyclic amines) is 1. The zero-order chi connectivity index (χ0) is 10.7. The van der Waals surface area contributed by atoms with Gasteiger partial charge in [-0.2, -0.15) is 11.3 Å². The molecule has 82 valence electrons. The van der Waals surface area contributed by atoms with Crippen molar-refractivity contribution in [2.24, 2.45) is 5.92 Å². The van der Waals surface area contributed by atoms with Crippen LogP contribution in [0, 0.1) is 5.92 Å². The topological polar surface area (TPSA) is 20.3 Å². The first-order valence-electron chi connectivity index (χ1n) is 5.18. The number of thiophene rings is 1. The van der Waals surface area contributed by atoms with E-state index in [1.54, 1.807) is 11.3 Å². The minimum Gasteiger partial charge on any atom is -0.338 e. The highest BCUT2D eigenvalue weighted by molar-refractivity contribution is 9.09. The predicted octanol–water partition coefficient (Wildman–Crippen LogP) is 3.00. The molecule has 0 radical (unpaired) electrons. The van der Waals surface area contributed by atoms with Crippen molar-refractivity contribution in [2.45, 2.75) is 12.8 Å². The van der Waals surface area contributed by atoms with E-state index in [2.05, 4.69) is 15.9 Å². The third kappa shape index (κ3) is 2.61. The van der Waals surface area contributed by atoms with Gasteiger partial charge in [0.15, 0.2) is 0 Å². The summed E-state index contributed by atoms with van der Waals surface area (Å²) in [5.41, 5.74) is 0.843. The monoisotopic (exact) mass is 287 g/mol. The Balaban J connectivity index is 2.01. The van der Waals surface area contributed by atoms with Gasteiger partial charge in [-0.3, -0.25) is 4.79 Å². The molecule has 0 aromatic carbocycles. The molecule has 0 N–H and O–H groups in total. The van der Waals surface area contributed by atoms with Crippen LogP contribution in [0.25, 0.3) is 0 Å². The lowest BCUT2D eigenvalue weighted by molar-refractivity contribution is 0.0686. The highest BCUT2D eigenvalue weighted by Gasteiger charge is 2.23. The van der Waals surface area contributed by atoms with Crippen LogP contribution in [0.1, 0.15) is 23.2 Å². The van der Waals surface area contributed by atoms with E-state index in [1.165, 1.54) is 6.42 Å². The van der Waals surface area contributed by atoms with E-state index in [1.807, 2.05) is 21.7 Å². The smallest absolute Gasteiger partial charge is 0.254 e. The van der Waals surface area contributed by atoms with Crippen molar-refractivity contribution in [2.75, 3.05) is 18.4 Å². The minimum atomic E-state index is 0.196. The van der Waals surface area contributed by atoms with E-state index < -0.39 is 0 Å². The molecule has 2 rings (SSSR count). The number of halogens is 1. The maximum Gasteiger partial charge on any atom is 0.254 e. The Labute approximate surface area is 102 Å². The minimum absolute atomic E-state index is 0.196. The predicted molar refractivity (Wildman–Crippen MR) is 66.7 cm³/mol. The third-order valence-corrected chi connectivity index (χ3v) is 4.39. The molecule has 0 saturated carbocycles. The van der Waals surface area contributed by atoms with Crippen LogP contribution in [-0.2, 0) is 0 Å². The molecule has 1 atom stereocenters. The second-order valence-electron chi connectivity index (χ2n) is 3.93. The summed E-state index contributed by atoms with van der Waals surface area (Å²) in [5, 5.41) is 4.89. The van der Waals surface area contributed by atoms with Gasteiger partial charge in [0.2, 0.25) is 0 Å². The van der Waals surface area contributed by atoms with E-state index >= 15 is 0 Å². The van der Waals surface area contributed by atoms with Crippen molar-refractivity contribution in [3.05, 3.63) is 22.4 Å². The molecule has 15 heavy (non-hydrogen) atoms. The normalized spacial score (nSPS) is 21.7. The third-order valence-electron chi connectivity index (χ3n) is 2.79. The Morgan fingerprint density at radius 1 is 1.67 bits per heavy atom. The van der Waals surface area contributed by atoms with Gasteiger partial charge in [0.05, 0.1) is 5.56 Å². The fraction of sp³-hybridized carbons (Fsp3) is 0.545. The molecule has 0 aliphatic carbocycles. The van der Waals surface area contributed by atoms with Gasteiger partial charge in [-0.15, -0.1) is 0 Å². The van der Waals surface area contributed by atoms with Crippen molar-refractivity contribution in [3.63, 3.8) is 0 Å². The first-order valence-corrected chi connectivity index (χ1v) is 7.25. The van der Waals surface area contributed by atoms with Crippen LogP contribution in [0.4, 0.5) is 0 Å². The largest absolute Gasteiger partial charge is 0.338 e. The van der Waals surface area contributed by atoms with Crippen LogP contribution in [0.15, 0.2) is 16.8 Å². The summed E-state index contributed by atoms with van der Waals surface area (Å²) in [5.74, 6) is 0.822. The zero-order valence-electron chi connectivity index (χ0n) is 8.49. The van der Waals surface area contributed by atoms with Crippen LogP contribution in [0.2, 0.25) is 0 Å².